The van der Waals surface area contributed by atoms with Gasteiger partial charge in [0, 0.05) is 12.6 Å². The highest BCUT2D eigenvalue weighted by atomic mass is 16.3. The van der Waals surface area contributed by atoms with Gasteiger partial charge in [0.05, 0.1) is 5.92 Å². The molecule has 2 rings (SSSR count). The van der Waals surface area contributed by atoms with E-state index >= 15 is 0 Å². The lowest BCUT2D eigenvalue weighted by Gasteiger charge is -2.37. The van der Waals surface area contributed by atoms with E-state index in [-0.39, 0.29) is 35.6 Å². The number of nitrogens with zero attached hydrogens (tertiary/aromatic N) is 1. The van der Waals surface area contributed by atoms with Crippen molar-refractivity contribution >= 4 is 11.8 Å². The highest BCUT2D eigenvalue weighted by Crippen LogP contribution is 2.31. The molecule has 1 aliphatic heterocycles. The van der Waals surface area contributed by atoms with E-state index in [9.17, 15) is 19.8 Å². The lowest BCUT2D eigenvalue weighted by atomic mass is 9.92. The summed E-state index contributed by atoms with van der Waals surface area (Å²) in [5.74, 6) is -1.86. The molecule has 2 atom stereocenters. The molecule has 6 heteroatoms. The Morgan fingerprint density at radius 3 is 2.40 bits per heavy atom. The summed E-state index contributed by atoms with van der Waals surface area (Å²) in [7, 11) is 0. The van der Waals surface area contributed by atoms with Crippen molar-refractivity contribution in [3.05, 3.63) is 23.8 Å². The van der Waals surface area contributed by atoms with Gasteiger partial charge < -0.3 is 20.8 Å². The van der Waals surface area contributed by atoms with Gasteiger partial charge in [-0.2, -0.15) is 0 Å². The van der Waals surface area contributed by atoms with Crippen molar-refractivity contribution in [3.8, 4) is 11.5 Å². The fourth-order valence-corrected chi connectivity index (χ4v) is 2.51. The number of hydrogen-bond donors (Lipinski definition) is 3. The van der Waals surface area contributed by atoms with Gasteiger partial charge in [-0.1, -0.05) is 6.07 Å². The first-order valence-corrected chi connectivity index (χ1v) is 6.53. The molecule has 1 aromatic carbocycles. The van der Waals surface area contributed by atoms with Crippen molar-refractivity contribution in [2.45, 2.75) is 25.8 Å². The molecule has 108 valence electrons. The van der Waals surface area contributed by atoms with Crippen LogP contribution in [0.15, 0.2) is 18.2 Å². The first kappa shape index (κ1) is 14.2. The number of primary amides is 1. The van der Waals surface area contributed by atoms with E-state index in [0.717, 1.165) is 0 Å². The molecule has 4 N–H and O–H groups in total. The Morgan fingerprint density at radius 2 is 1.85 bits per heavy atom. The first-order chi connectivity index (χ1) is 9.41. The van der Waals surface area contributed by atoms with Crippen LogP contribution in [0.1, 0.15) is 30.1 Å². The Bertz CT molecular complexity index is 524. The maximum absolute atomic E-state index is 12.5. The normalized spacial score (nSPS) is 22.6. The summed E-state index contributed by atoms with van der Waals surface area (Å²) in [4.78, 5) is 25.2. The number of rotatable bonds is 2. The fourth-order valence-electron chi connectivity index (χ4n) is 2.51. The molecule has 0 spiro atoms. The van der Waals surface area contributed by atoms with Crippen LogP contribution < -0.4 is 5.73 Å². The van der Waals surface area contributed by atoms with E-state index < -0.39 is 11.8 Å². The predicted molar refractivity (Wildman–Crippen MR) is 72.2 cm³/mol. The SMILES string of the molecule is CC1CCC(C(N)=O)CN1C(=O)c1c(O)cccc1O. The molecule has 1 fully saturated rings. The van der Waals surface area contributed by atoms with Crippen LogP contribution in [0.3, 0.4) is 0 Å². The molecule has 6 nitrogen and oxygen atoms in total. The van der Waals surface area contributed by atoms with Crippen LogP contribution in [-0.2, 0) is 4.79 Å². The number of phenols is 2. The minimum absolute atomic E-state index is 0.0721. The van der Waals surface area contributed by atoms with Crippen LogP contribution in [0.5, 0.6) is 11.5 Å². The summed E-state index contributed by atoms with van der Waals surface area (Å²) in [5.41, 5.74) is 5.16. The molecule has 0 radical (unpaired) electrons. The maximum Gasteiger partial charge on any atom is 0.261 e. The Hall–Kier alpha value is -2.24. The van der Waals surface area contributed by atoms with Gasteiger partial charge >= 0.3 is 0 Å². The number of amides is 2. The van der Waals surface area contributed by atoms with Crippen molar-refractivity contribution in [2.24, 2.45) is 11.7 Å². The van der Waals surface area contributed by atoms with Gasteiger partial charge in [-0.15, -0.1) is 0 Å². The molecule has 1 heterocycles. The number of benzene rings is 1. The molecular formula is C14H18N2O4. The molecule has 2 unspecified atom stereocenters. The van der Waals surface area contributed by atoms with E-state index in [0.29, 0.717) is 12.8 Å². The van der Waals surface area contributed by atoms with Crippen LogP contribution in [0, 0.1) is 5.92 Å². The van der Waals surface area contributed by atoms with Crippen molar-refractivity contribution in [2.75, 3.05) is 6.54 Å². The lowest BCUT2D eigenvalue weighted by molar-refractivity contribution is -0.123. The highest BCUT2D eigenvalue weighted by molar-refractivity contribution is 6.00. The maximum atomic E-state index is 12.5. The van der Waals surface area contributed by atoms with Crippen molar-refractivity contribution in [3.63, 3.8) is 0 Å². The third-order valence-electron chi connectivity index (χ3n) is 3.78. The topological polar surface area (TPSA) is 104 Å². The summed E-state index contributed by atoms with van der Waals surface area (Å²) in [6.07, 6.45) is 1.31. The van der Waals surface area contributed by atoms with E-state index in [4.69, 9.17) is 5.73 Å². The summed E-state index contributed by atoms with van der Waals surface area (Å²) < 4.78 is 0. The van der Waals surface area contributed by atoms with Gasteiger partial charge in [-0.3, -0.25) is 9.59 Å². The van der Waals surface area contributed by atoms with Gasteiger partial charge in [0.2, 0.25) is 5.91 Å². The second-order valence-corrected chi connectivity index (χ2v) is 5.15. The molecule has 0 aliphatic carbocycles. The van der Waals surface area contributed by atoms with Crippen LogP contribution in [0.2, 0.25) is 0 Å². The standard InChI is InChI=1S/C14H18N2O4/c1-8-5-6-9(13(15)19)7-16(8)14(20)12-10(17)3-2-4-11(12)18/h2-4,8-9,17-18H,5-7H2,1H3,(H2,15,19). The number of nitrogens with two attached hydrogens (primary N) is 1. The Labute approximate surface area is 116 Å². The second-order valence-electron chi connectivity index (χ2n) is 5.15. The molecule has 20 heavy (non-hydrogen) atoms. The average Bonchev–Trinajstić information content (AvgIpc) is 2.38. The first-order valence-electron chi connectivity index (χ1n) is 6.53. The van der Waals surface area contributed by atoms with Crippen LogP contribution in [0.25, 0.3) is 0 Å². The smallest absolute Gasteiger partial charge is 0.261 e. The number of carbonyl (C=O) groups excluding carboxylic acids is 2. The van der Waals surface area contributed by atoms with E-state index in [1.807, 2.05) is 6.92 Å². The number of aromatic hydroxyl groups is 2. The molecule has 0 saturated carbocycles. The highest BCUT2D eigenvalue weighted by Gasteiger charge is 2.33. The zero-order valence-corrected chi connectivity index (χ0v) is 11.2. The number of piperidine rings is 1. The minimum Gasteiger partial charge on any atom is -0.507 e. The summed E-state index contributed by atoms with van der Waals surface area (Å²) in [6, 6.07) is 4.06. The molecule has 1 saturated heterocycles. The largest absolute Gasteiger partial charge is 0.507 e. The van der Waals surface area contributed by atoms with Crippen LogP contribution in [0.4, 0.5) is 0 Å². The van der Waals surface area contributed by atoms with Gasteiger partial charge in [0.15, 0.2) is 0 Å². The van der Waals surface area contributed by atoms with Gasteiger partial charge in [0.1, 0.15) is 17.1 Å². The van der Waals surface area contributed by atoms with Gasteiger partial charge in [-0.25, -0.2) is 0 Å². The van der Waals surface area contributed by atoms with E-state index in [1.165, 1.54) is 23.1 Å². The predicted octanol–water partition coefficient (Wildman–Crippen LogP) is 0.824. The van der Waals surface area contributed by atoms with E-state index in [1.54, 1.807) is 0 Å². The Kier molecular flexibility index (Phi) is 3.83. The van der Waals surface area contributed by atoms with Crippen molar-refractivity contribution in [1.82, 2.24) is 4.90 Å². The molecule has 2 amide bonds. The third kappa shape index (κ3) is 2.54. The number of hydrogen-bond acceptors (Lipinski definition) is 4. The van der Waals surface area contributed by atoms with Crippen molar-refractivity contribution < 1.29 is 19.8 Å². The number of carbonyl (C=O) groups is 2. The summed E-state index contributed by atoms with van der Waals surface area (Å²) in [6.45, 7) is 2.08. The van der Waals surface area contributed by atoms with Gasteiger partial charge in [0.25, 0.3) is 5.91 Å². The second kappa shape index (κ2) is 5.40. The monoisotopic (exact) mass is 278 g/mol. The fraction of sp³-hybridized carbons (Fsp3) is 0.429. The summed E-state index contributed by atoms with van der Waals surface area (Å²) >= 11 is 0. The average molecular weight is 278 g/mol. The molecule has 0 aromatic heterocycles. The zero-order valence-electron chi connectivity index (χ0n) is 11.2. The number of likely N-dealkylation sites (tertiary alicyclic amines) is 1. The number of phenolic OH excluding ortho intramolecular Hbond substituents is 2. The van der Waals surface area contributed by atoms with E-state index in [2.05, 4.69) is 0 Å². The van der Waals surface area contributed by atoms with Crippen LogP contribution >= 0.6 is 0 Å². The lowest BCUT2D eigenvalue weighted by Crippen LogP contribution is -2.48. The Balaban J connectivity index is 2.29. The summed E-state index contributed by atoms with van der Waals surface area (Å²) in [5, 5.41) is 19.5. The van der Waals surface area contributed by atoms with Gasteiger partial charge in [-0.05, 0) is 31.9 Å². The minimum atomic E-state index is -0.487. The molecular weight excluding hydrogens is 260 g/mol. The molecule has 1 aromatic rings. The zero-order chi connectivity index (χ0) is 14.9. The third-order valence-corrected chi connectivity index (χ3v) is 3.78. The molecule has 1 aliphatic rings. The Morgan fingerprint density at radius 1 is 1.25 bits per heavy atom. The van der Waals surface area contributed by atoms with Crippen molar-refractivity contribution in [1.29, 1.82) is 0 Å². The molecule has 0 bridgehead atoms. The quantitative estimate of drug-likeness (QED) is 0.745. The van der Waals surface area contributed by atoms with Crippen LogP contribution in [-0.4, -0.2) is 39.5 Å².